The number of rotatable bonds is 6. The first kappa shape index (κ1) is 18.7. The van der Waals surface area contributed by atoms with Crippen molar-refractivity contribution < 1.29 is 19.1 Å². The first-order valence-electron chi connectivity index (χ1n) is 9.39. The topological polar surface area (TPSA) is 59.1 Å². The Morgan fingerprint density at radius 2 is 1.92 bits per heavy atom. The van der Waals surface area contributed by atoms with E-state index in [1.807, 2.05) is 40.1 Å². The Hall–Kier alpha value is -2.08. The summed E-state index contributed by atoms with van der Waals surface area (Å²) in [6, 6.07) is 9.41. The Kier molecular flexibility index (Phi) is 6.50. The van der Waals surface area contributed by atoms with Crippen LogP contribution >= 0.6 is 0 Å². The lowest BCUT2D eigenvalue weighted by atomic mass is 9.82. The van der Waals surface area contributed by atoms with Crippen LogP contribution in [-0.4, -0.2) is 68.1 Å². The molecular formula is C20H28N2O4. The molecule has 2 aliphatic rings. The molecule has 2 atom stereocenters. The van der Waals surface area contributed by atoms with Gasteiger partial charge in [-0.25, -0.2) is 0 Å². The Morgan fingerprint density at radius 1 is 1.15 bits per heavy atom. The number of benzene rings is 1. The molecule has 2 saturated heterocycles. The number of ether oxygens (including phenoxy) is 2. The molecule has 0 radical (unpaired) electrons. The number of carbonyl (C=O) groups excluding carboxylic acids is 2. The normalized spacial score (nSPS) is 23.3. The van der Waals surface area contributed by atoms with Gasteiger partial charge in [0.1, 0.15) is 5.75 Å². The molecule has 0 aliphatic carbocycles. The minimum atomic E-state index is 0.0270. The molecule has 2 amide bonds. The van der Waals surface area contributed by atoms with Gasteiger partial charge in [0.05, 0.1) is 6.61 Å². The van der Waals surface area contributed by atoms with Gasteiger partial charge in [-0.05, 0) is 36.8 Å². The Balaban J connectivity index is 1.51. The summed E-state index contributed by atoms with van der Waals surface area (Å²) in [5, 5.41) is 0. The molecule has 0 saturated carbocycles. The Morgan fingerprint density at radius 3 is 2.69 bits per heavy atom. The second kappa shape index (κ2) is 9.03. The fraction of sp³-hybridized carbons (Fsp3) is 0.600. The molecule has 2 heterocycles. The van der Waals surface area contributed by atoms with E-state index < -0.39 is 0 Å². The zero-order valence-electron chi connectivity index (χ0n) is 15.4. The molecule has 0 N–H and O–H groups in total. The summed E-state index contributed by atoms with van der Waals surface area (Å²) < 4.78 is 10.7. The van der Waals surface area contributed by atoms with Crippen LogP contribution in [0.25, 0.3) is 0 Å². The highest BCUT2D eigenvalue weighted by atomic mass is 16.5. The van der Waals surface area contributed by atoms with Crippen LogP contribution in [0, 0.1) is 11.8 Å². The Labute approximate surface area is 155 Å². The number of likely N-dealkylation sites (tertiary alicyclic amines) is 2. The maximum absolute atomic E-state index is 12.5. The van der Waals surface area contributed by atoms with Crippen molar-refractivity contribution in [3.63, 3.8) is 0 Å². The third-order valence-electron chi connectivity index (χ3n) is 5.47. The van der Waals surface area contributed by atoms with Gasteiger partial charge in [0.2, 0.25) is 5.91 Å². The van der Waals surface area contributed by atoms with Crippen molar-refractivity contribution in [1.82, 2.24) is 9.80 Å². The zero-order chi connectivity index (χ0) is 18.4. The minimum absolute atomic E-state index is 0.0270. The summed E-state index contributed by atoms with van der Waals surface area (Å²) in [5.74, 6) is 1.74. The molecule has 3 rings (SSSR count). The lowest BCUT2D eigenvalue weighted by Gasteiger charge is -2.37. The van der Waals surface area contributed by atoms with Crippen molar-refractivity contribution in [1.29, 1.82) is 0 Å². The largest absolute Gasteiger partial charge is 0.484 e. The first-order chi connectivity index (χ1) is 12.7. The van der Waals surface area contributed by atoms with E-state index in [0.29, 0.717) is 43.7 Å². The van der Waals surface area contributed by atoms with Gasteiger partial charge >= 0.3 is 0 Å². The van der Waals surface area contributed by atoms with Gasteiger partial charge in [0.15, 0.2) is 6.61 Å². The number of hydrogen-bond donors (Lipinski definition) is 0. The molecule has 0 bridgehead atoms. The van der Waals surface area contributed by atoms with Crippen molar-refractivity contribution in [2.45, 2.75) is 19.3 Å². The third kappa shape index (κ3) is 4.75. The number of nitrogens with zero attached hydrogens (tertiary/aromatic N) is 2. The number of carbonyl (C=O) groups is 2. The monoisotopic (exact) mass is 360 g/mol. The molecule has 2 fully saturated rings. The Bertz CT molecular complexity index is 607. The SMILES string of the molecule is COCCN1CC[C@@H]2CN(C(=O)COc3ccccc3)CC[C@H]2CC1=O. The van der Waals surface area contributed by atoms with Crippen LogP contribution in [0.3, 0.4) is 0 Å². The standard InChI is InChI=1S/C20H28N2O4/c1-25-12-11-21-9-8-17-14-22(10-7-16(17)13-19(21)23)20(24)15-26-18-5-3-2-4-6-18/h2-6,16-17H,7-15H2,1H3/t16-,17+/m0/s1. The van der Waals surface area contributed by atoms with Crippen molar-refractivity contribution in [3.8, 4) is 5.75 Å². The predicted molar refractivity (Wildman–Crippen MR) is 97.8 cm³/mol. The molecule has 1 aromatic carbocycles. The van der Waals surface area contributed by atoms with Gasteiger partial charge in [-0.15, -0.1) is 0 Å². The van der Waals surface area contributed by atoms with Crippen molar-refractivity contribution >= 4 is 11.8 Å². The molecule has 0 spiro atoms. The lowest BCUT2D eigenvalue weighted by molar-refractivity contribution is -0.136. The van der Waals surface area contributed by atoms with Gasteiger partial charge < -0.3 is 19.3 Å². The quantitative estimate of drug-likeness (QED) is 0.776. The van der Waals surface area contributed by atoms with E-state index in [1.54, 1.807) is 7.11 Å². The predicted octanol–water partition coefficient (Wildman–Crippen LogP) is 1.80. The smallest absolute Gasteiger partial charge is 0.260 e. The average molecular weight is 360 g/mol. The second-order valence-corrected chi connectivity index (χ2v) is 7.12. The van der Waals surface area contributed by atoms with Crippen molar-refractivity contribution in [3.05, 3.63) is 30.3 Å². The number of hydrogen-bond acceptors (Lipinski definition) is 4. The summed E-state index contributed by atoms with van der Waals surface area (Å²) in [4.78, 5) is 28.7. The van der Waals surface area contributed by atoms with E-state index in [0.717, 1.165) is 25.9 Å². The summed E-state index contributed by atoms with van der Waals surface area (Å²) in [5.41, 5.74) is 0. The molecule has 6 heteroatoms. The van der Waals surface area contributed by atoms with Crippen molar-refractivity contribution in [2.24, 2.45) is 11.8 Å². The fourth-order valence-electron chi connectivity index (χ4n) is 3.89. The van der Waals surface area contributed by atoms with E-state index in [1.165, 1.54) is 0 Å². The number of methoxy groups -OCH3 is 1. The van der Waals surface area contributed by atoms with Crippen LogP contribution in [0.2, 0.25) is 0 Å². The maximum Gasteiger partial charge on any atom is 0.260 e. The molecule has 142 valence electrons. The summed E-state index contributed by atoms with van der Waals surface area (Å²) in [7, 11) is 1.66. The molecule has 0 aromatic heterocycles. The number of fused-ring (bicyclic) bond motifs is 1. The highest BCUT2D eigenvalue weighted by Gasteiger charge is 2.36. The molecule has 2 aliphatic heterocycles. The summed E-state index contributed by atoms with van der Waals surface area (Å²) in [6.07, 6.45) is 2.44. The van der Waals surface area contributed by atoms with Gasteiger partial charge in [-0.2, -0.15) is 0 Å². The van der Waals surface area contributed by atoms with Gasteiger partial charge in [0, 0.05) is 39.7 Å². The second-order valence-electron chi connectivity index (χ2n) is 7.12. The van der Waals surface area contributed by atoms with E-state index >= 15 is 0 Å². The highest BCUT2D eigenvalue weighted by Crippen LogP contribution is 2.32. The average Bonchev–Trinajstić information content (AvgIpc) is 2.83. The van der Waals surface area contributed by atoms with Gasteiger partial charge in [-0.1, -0.05) is 18.2 Å². The van der Waals surface area contributed by atoms with Crippen LogP contribution in [0.5, 0.6) is 5.75 Å². The van der Waals surface area contributed by atoms with Gasteiger partial charge in [-0.3, -0.25) is 9.59 Å². The van der Waals surface area contributed by atoms with Crippen LogP contribution < -0.4 is 4.74 Å². The van der Waals surface area contributed by atoms with Crippen LogP contribution in [-0.2, 0) is 14.3 Å². The van der Waals surface area contributed by atoms with E-state index in [4.69, 9.17) is 9.47 Å². The molecule has 0 unspecified atom stereocenters. The number of amides is 2. The fourth-order valence-corrected chi connectivity index (χ4v) is 3.89. The third-order valence-corrected chi connectivity index (χ3v) is 5.47. The molecule has 6 nitrogen and oxygen atoms in total. The van der Waals surface area contributed by atoms with E-state index in [-0.39, 0.29) is 18.4 Å². The first-order valence-corrected chi connectivity index (χ1v) is 9.39. The van der Waals surface area contributed by atoms with Crippen molar-refractivity contribution in [2.75, 3.05) is 46.5 Å². The number of piperidine rings is 1. The molecule has 1 aromatic rings. The van der Waals surface area contributed by atoms with E-state index in [2.05, 4.69) is 0 Å². The van der Waals surface area contributed by atoms with Crippen LogP contribution in [0.4, 0.5) is 0 Å². The summed E-state index contributed by atoms with van der Waals surface area (Å²) in [6.45, 7) is 3.49. The summed E-state index contributed by atoms with van der Waals surface area (Å²) >= 11 is 0. The molecular weight excluding hydrogens is 332 g/mol. The van der Waals surface area contributed by atoms with Crippen LogP contribution in [0.1, 0.15) is 19.3 Å². The highest BCUT2D eigenvalue weighted by molar-refractivity contribution is 5.78. The van der Waals surface area contributed by atoms with E-state index in [9.17, 15) is 9.59 Å². The maximum atomic E-state index is 12.5. The minimum Gasteiger partial charge on any atom is -0.484 e. The number of para-hydroxylation sites is 1. The molecule has 26 heavy (non-hydrogen) atoms. The van der Waals surface area contributed by atoms with Crippen LogP contribution in [0.15, 0.2) is 30.3 Å². The van der Waals surface area contributed by atoms with Gasteiger partial charge in [0.25, 0.3) is 5.91 Å². The lowest BCUT2D eigenvalue weighted by Crippen LogP contribution is -2.45. The zero-order valence-corrected chi connectivity index (χ0v) is 15.4.